The molecule has 20 heavy (non-hydrogen) atoms. The maximum Gasteiger partial charge on any atom is 0.128 e. The molecule has 2 rings (SSSR count). The van der Waals surface area contributed by atoms with Crippen molar-refractivity contribution in [2.45, 2.75) is 39.7 Å². The molecule has 0 saturated carbocycles. The van der Waals surface area contributed by atoms with Crippen LogP contribution in [0.25, 0.3) is 0 Å². The van der Waals surface area contributed by atoms with Crippen LogP contribution in [0, 0.1) is 11.2 Å². The first-order valence-corrected chi connectivity index (χ1v) is 7.59. The summed E-state index contributed by atoms with van der Waals surface area (Å²) in [4.78, 5) is 2.58. The van der Waals surface area contributed by atoms with Gasteiger partial charge in [0.25, 0.3) is 0 Å². The van der Waals surface area contributed by atoms with Crippen molar-refractivity contribution in [2.24, 2.45) is 11.1 Å². The van der Waals surface area contributed by atoms with Gasteiger partial charge in [0.05, 0.1) is 0 Å². The van der Waals surface area contributed by atoms with Gasteiger partial charge >= 0.3 is 0 Å². The second kappa shape index (κ2) is 6.19. The SMILES string of the molecule is CC1(C)CCCN(Cc2ccc(C(N)=S)cc2F)CC1. The van der Waals surface area contributed by atoms with E-state index in [1.165, 1.54) is 25.3 Å². The van der Waals surface area contributed by atoms with E-state index < -0.39 is 0 Å². The third-order valence-corrected chi connectivity index (χ3v) is 4.40. The van der Waals surface area contributed by atoms with Gasteiger partial charge in [0.2, 0.25) is 0 Å². The summed E-state index contributed by atoms with van der Waals surface area (Å²) in [6.07, 6.45) is 3.59. The summed E-state index contributed by atoms with van der Waals surface area (Å²) < 4.78 is 14.1. The number of hydrogen-bond acceptors (Lipinski definition) is 2. The molecule has 0 bridgehead atoms. The lowest BCUT2D eigenvalue weighted by atomic mass is 9.85. The Balaban J connectivity index is 2.05. The van der Waals surface area contributed by atoms with Gasteiger partial charge in [0.1, 0.15) is 10.8 Å². The van der Waals surface area contributed by atoms with E-state index in [0.717, 1.165) is 18.7 Å². The van der Waals surface area contributed by atoms with Crippen molar-refractivity contribution in [3.8, 4) is 0 Å². The summed E-state index contributed by atoms with van der Waals surface area (Å²) in [7, 11) is 0. The molecule has 1 aliphatic heterocycles. The van der Waals surface area contributed by atoms with Crippen molar-refractivity contribution < 1.29 is 4.39 Å². The van der Waals surface area contributed by atoms with E-state index in [2.05, 4.69) is 18.7 Å². The highest BCUT2D eigenvalue weighted by molar-refractivity contribution is 7.80. The van der Waals surface area contributed by atoms with Crippen LogP contribution in [-0.4, -0.2) is 23.0 Å². The van der Waals surface area contributed by atoms with Crippen LogP contribution in [0.1, 0.15) is 44.2 Å². The molecule has 2 N–H and O–H groups in total. The second-order valence-electron chi connectivity index (χ2n) is 6.46. The number of likely N-dealkylation sites (tertiary alicyclic amines) is 1. The molecular formula is C16H23FN2S. The Labute approximate surface area is 126 Å². The number of rotatable bonds is 3. The maximum absolute atomic E-state index is 14.1. The molecule has 1 heterocycles. The molecule has 1 aromatic carbocycles. The fraction of sp³-hybridized carbons (Fsp3) is 0.562. The van der Waals surface area contributed by atoms with Crippen LogP contribution >= 0.6 is 12.2 Å². The molecule has 0 spiro atoms. The number of nitrogens with two attached hydrogens (primary N) is 1. The van der Waals surface area contributed by atoms with Gasteiger partial charge in [-0.25, -0.2) is 4.39 Å². The van der Waals surface area contributed by atoms with Crippen LogP contribution in [-0.2, 0) is 6.54 Å². The van der Waals surface area contributed by atoms with Gasteiger partial charge in [-0.15, -0.1) is 0 Å². The molecule has 1 fully saturated rings. The lowest BCUT2D eigenvalue weighted by molar-refractivity contribution is 0.253. The summed E-state index contributed by atoms with van der Waals surface area (Å²) in [5, 5.41) is 0. The van der Waals surface area contributed by atoms with E-state index in [-0.39, 0.29) is 10.8 Å². The molecule has 110 valence electrons. The second-order valence-corrected chi connectivity index (χ2v) is 6.90. The van der Waals surface area contributed by atoms with Gasteiger partial charge in [-0.3, -0.25) is 4.90 Å². The Bertz CT molecular complexity index is 499. The van der Waals surface area contributed by atoms with Crippen molar-refractivity contribution >= 4 is 17.2 Å². The van der Waals surface area contributed by atoms with Gasteiger partial charge in [-0.1, -0.05) is 38.2 Å². The molecule has 2 nitrogen and oxygen atoms in total. The smallest absolute Gasteiger partial charge is 0.128 e. The molecule has 1 aliphatic rings. The van der Waals surface area contributed by atoms with Crippen molar-refractivity contribution in [2.75, 3.05) is 13.1 Å². The Morgan fingerprint density at radius 1 is 1.35 bits per heavy atom. The molecule has 1 saturated heterocycles. The van der Waals surface area contributed by atoms with Crippen LogP contribution in [0.2, 0.25) is 0 Å². The van der Waals surface area contributed by atoms with Gasteiger partial charge in [-0.05, 0) is 43.8 Å². The van der Waals surface area contributed by atoms with E-state index in [1.807, 2.05) is 6.07 Å². The molecule has 0 aromatic heterocycles. The summed E-state index contributed by atoms with van der Waals surface area (Å²) in [6.45, 7) is 7.37. The lowest BCUT2D eigenvalue weighted by Gasteiger charge is -2.23. The van der Waals surface area contributed by atoms with Gasteiger partial charge in [0, 0.05) is 17.7 Å². The molecule has 0 amide bonds. The van der Waals surface area contributed by atoms with Crippen molar-refractivity contribution in [3.05, 3.63) is 35.1 Å². The van der Waals surface area contributed by atoms with E-state index in [1.54, 1.807) is 6.07 Å². The van der Waals surface area contributed by atoms with E-state index in [9.17, 15) is 4.39 Å². The third-order valence-electron chi connectivity index (χ3n) is 4.16. The number of nitrogens with zero attached hydrogens (tertiary/aromatic N) is 1. The predicted octanol–water partition coefficient (Wildman–Crippen LogP) is 3.47. The normalized spacial score (nSPS) is 19.6. The quantitative estimate of drug-likeness (QED) is 0.866. The fourth-order valence-electron chi connectivity index (χ4n) is 2.71. The minimum absolute atomic E-state index is 0.209. The molecule has 4 heteroatoms. The Morgan fingerprint density at radius 2 is 2.10 bits per heavy atom. The number of halogens is 1. The van der Waals surface area contributed by atoms with Crippen molar-refractivity contribution in [1.29, 1.82) is 0 Å². The monoisotopic (exact) mass is 294 g/mol. The average molecular weight is 294 g/mol. The summed E-state index contributed by atoms with van der Waals surface area (Å²) in [6, 6.07) is 5.06. The molecule has 0 radical (unpaired) electrons. The number of thiocarbonyl (C=S) groups is 1. The summed E-state index contributed by atoms with van der Waals surface area (Å²) in [5.41, 5.74) is 7.25. The third kappa shape index (κ3) is 4.00. The zero-order chi connectivity index (χ0) is 14.8. The van der Waals surface area contributed by atoms with Crippen molar-refractivity contribution in [1.82, 2.24) is 4.90 Å². The molecule has 1 aromatic rings. The summed E-state index contributed by atoms with van der Waals surface area (Å²) >= 11 is 4.87. The van der Waals surface area contributed by atoms with Crippen LogP contribution in [0.4, 0.5) is 4.39 Å². The van der Waals surface area contributed by atoms with Crippen LogP contribution in [0.3, 0.4) is 0 Å². The number of hydrogen-bond donors (Lipinski definition) is 1. The molecule has 0 aliphatic carbocycles. The van der Waals surface area contributed by atoms with Crippen LogP contribution in [0.15, 0.2) is 18.2 Å². The zero-order valence-corrected chi connectivity index (χ0v) is 13.1. The van der Waals surface area contributed by atoms with E-state index in [0.29, 0.717) is 17.5 Å². The first kappa shape index (κ1) is 15.4. The minimum Gasteiger partial charge on any atom is -0.389 e. The Kier molecular flexibility index (Phi) is 4.76. The highest BCUT2D eigenvalue weighted by Gasteiger charge is 2.23. The Morgan fingerprint density at radius 3 is 2.75 bits per heavy atom. The Hall–Kier alpha value is -1.00. The summed E-state index contributed by atoms with van der Waals surface area (Å²) in [5.74, 6) is -0.209. The maximum atomic E-state index is 14.1. The fourth-order valence-corrected chi connectivity index (χ4v) is 2.83. The average Bonchev–Trinajstić information content (AvgIpc) is 2.53. The molecule has 0 unspecified atom stereocenters. The standard InChI is InChI=1S/C16H23FN2S/c1-16(2)6-3-8-19(9-7-16)11-13-5-4-12(15(18)20)10-14(13)17/h4-5,10H,3,6-9,11H2,1-2H3,(H2,18,20). The largest absolute Gasteiger partial charge is 0.389 e. The topological polar surface area (TPSA) is 29.3 Å². The highest BCUT2D eigenvalue weighted by Crippen LogP contribution is 2.30. The predicted molar refractivity (Wildman–Crippen MR) is 85.2 cm³/mol. The van der Waals surface area contributed by atoms with Gasteiger partial charge in [0.15, 0.2) is 0 Å². The molecular weight excluding hydrogens is 271 g/mol. The lowest BCUT2D eigenvalue weighted by Crippen LogP contribution is -2.25. The van der Waals surface area contributed by atoms with Crippen LogP contribution in [0.5, 0.6) is 0 Å². The van der Waals surface area contributed by atoms with Gasteiger partial charge < -0.3 is 5.73 Å². The first-order valence-electron chi connectivity index (χ1n) is 7.18. The highest BCUT2D eigenvalue weighted by atomic mass is 32.1. The minimum atomic E-state index is -0.209. The first-order chi connectivity index (χ1) is 9.37. The van der Waals surface area contributed by atoms with E-state index >= 15 is 0 Å². The van der Waals surface area contributed by atoms with Crippen LogP contribution < -0.4 is 5.73 Å². The molecule has 0 atom stereocenters. The van der Waals surface area contributed by atoms with E-state index in [4.69, 9.17) is 18.0 Å². The van der Waals surface area contributed by atoms with Gasteiger partial charge in [-0.2, -0.15) is 0 Å². The number of benzene rings is 1. The van der Waals surface area contributed by atoms with Crippen molar-refractivity contribution in [3.63, 3.8) is 0 Å². The zero-order valence-electron chi connectivity index (χ0n) is 12.3.